The van der Waals surface area contributed by atoms with Gasteiger partial charge in [0.2, 0.25) is 5.91 Å². The van der Waals surface area contributed by atoms with Gasteiger partial charge in [0.15, 0.2) is 0 Å². The van der Waals surface area contributed by atoms with Crippen molar-refractivity contribution in [2.24, 2.45) is 0 Å². The summed E-state index contributed by atoms with van der Waals surface area (Å²) in [6.07, 6.45) is 3.82. The van der Waals surface area contributed by atoms with E-state index < -0.39 is 0 Å². The Kier molecular flexibility index (Phi) is 4.20. The molecule has 1 aliphatic rings. The molecule has 1 amide bonds. The number of carbonyl (C=O) groups excluding carboxylic acids is 1. The predicted molar refractivity (Wildman–Crippen MR) is 80.6 cm³/mol. The molecule has 0 saturated carbocycles. The van der Waals surface area contributed by atoms with Gasteiger partial charge in [-0.15, -0.1) is 0 Å². The normalized spacial score (nSPS) is 19.4. The number of carbonyl (C=O) groups is 1. The van der Waals surface area contributed by atoms with Crippen LogP contribution >= 0.6 is 0 Å². The number of rotatable bonds is 3. The zero-order valence-corrected chi connectivity index (χ0v) is 12.5. The lowest BCUT2D eigenvalue weighted by Crippen LogP contribution is -2.49. The van der Waals surface area contributed by atoms with Gasteiger partial charge in [-0.25, -0.2) is 9.37 Å². The number of aromatic nitrogens is 2. The summed E-state index contributed by atoms with van der Waals surface area (Å²) in [4.78, 5) is 23.9. The van der Waals surface area contributed by atoms with E-state index in [0.29, 0.717) is 19.5 Å². The number of likely N-dealkylation sites (N-methyl/N-ethyl adjacent to an activating group) is 1. The van der Waals surface area contributed by atoms with Crippen molar-refractivity contribution in [2.75, 3.05) is 26.7 Å². The van der Waals surface area contributed by atoms with Crippen LogP contribution in [-0.4, -0.2) is 52.4 Å². The molecule has 0 radical (unpaired) electrons. The third kappa shape index (κ3) is 3.17. The number of imidazole rings is 1. The molecule has 1 N–H and O–H groups in total. The molecule has 3 rings (SSSR count). The molecular formula is C16H19FN4O. The summed E-state index contributed by atoms with van der Waals surface area (Å²) in [5.74, 6) is 0.659. The van der Waals surface area contributed by atoms with Crippen LogP contribution < -0.4 is 0 Å². The molecule has 2 heterocycles. The summed E-state index contributed by atoms with van der Waals surface area (Å²) in [6, 6.07) is 6.18. The van der Waals surface area contributed by atoms with Gasteiger partial charge in [-0.05, 0) is 24.7 Å². The maximum absolute atomic E-state index is 12.9. The van der Waals surface area contributed by atoms with Gasteiger partial charge in [-0.3, -0.25) is 9.69 Å². The zero-order valence-electron chi connectivity index (χ0n) is 12.5. The lowest BCUT2D eigenvalue weighted by molar-refractivity contribution is -0.133. The lowest BCUT2D eigenvalue weighted by atomic mass is 10.1. The fourth-order valence-electron chi connectivity index (χ4n) is 2.74. The van der Waals surface area contributed by atoms with E-state index in [-0.39, 0.29) is 17.8 Å². The van der Waals surface area contributed by atoms with Crippen molar-refractivity contribution in [3.05, 3.63) is 53.9 Å². The Morgan fingerprint density at radius 2 is 2.14 bits per heavy atom. The van der Waals surface area contributed by atoms with Gasteiger partial charge >= 0.3 is 0 Å². The van der Waals surface area contributed by atoms with Gasteiger partial charge in [-0.1, -0.05) is 12.1 Å². The Balaban J connectivity index is 1.66. The summed E-state index contributed by atoms with van der Waals surface area (Å²) >= 11 is 0. The first-order valence-corrected chi connectivity index (χ1v) is 7.35. The van der Waals surface area contributed by atoms with Crippen molar-refractivity contribution in [1.29, 1.82) is 0 Å². The summed E-state index contributed by atoms with van der Waals surface area (Å²) in [5, 5.41) is 0. The average Bonchev–Trinajstić information content (AvgIpc) is 3.04. The second-order valence-corrected chi connectivity index (χ2v) is 5.61. The van der Waals surface area contributed by atoms with Crippen molar-refractivity contribution in [3.63, 3.8) is 0 Å². The number of halogens is 1. The van der Waals surface area contributed by atoms with E-state index in [0.717, 1.165) is 17.9 Å². The Morgan fingerprint density at radius 1 is 1.36 bits per heavy atom. The summed E-state index contributed by atoms with van der Waals surface area (Å²) < 4.78 is 12.9. The van der Waals surface area contributed by atoms with Crippen LogP contribution in [0.3, 0.4) is 0 Å². The van der Waals surface area contributed by atoms with Crippen LogP contribution in [0.15, 0.2) is 36.7 Å². The van der Waals surface area contributed by atoms with Crippen LogP contribution in [0.4, 0.5) is 4.39 Å². The van der Waals surface area contributed by atoms with E-state index in [2.05, 4.69) is 14.9 Å². The first-order chi connectivity index (χ1) is 10.6. The second-order valence-electron chi connectivity index (χ2n) is 5.61. The lowest BCUT2D eigenvalue weighted by Gasteiger charge is -2.38. The molecule has 2 aromatic rings. The highest BCUT2D eigenvalue weighted by Crippen LogP contribution is 2.21. The van der Waals surface area contributed by atoms with Gasteiger partial charge in [0.05, 0.1) is 12.5 Å². The minimum absolute atomic E-state index is 0.0660. The molecule has 1 aliphatic heterocycles. The van der Waals surface area contributed by atoms with Crippen LogP contribution in [0.5, 0.6) is 0 Å². The Labute approximate surface area is 128 Å². The molecule has 6 heteroatoms. The van der Waals surface area contributed by atoms with Crippen molar-refractivity contribution < 1.29 is 9.18 Å². The first kappa shape index (κ1) is 14.7. The summed E-state index contributed by atoms with van der Waals surface area (Å²) in [5.41, 5.74) is 0.833. The van der Waals surface area contributed by atoms with E-state index in [1.54, 1.807) is 24.5 Å². The van der Waals surface area contributed by atoms with E-state index in [9.17, 15) is 9.18 Å². The fraction of sp³-hybridized carbons (Fsp3) is 0.375. The molecule has 22 heavy (non-hydrogen) atoms. The third-order valence-corrected chi connectivity index (χ3v) is 4.10. The minimum atomic E-state index is -0.284. The Hall–Kier alpha value is -2.21. The van der Waals surface area contributed by atoms with Gasteiger partial charge in [0.25, 0.3) is 0 Å². The van der Waals surface area contributed by atoms with Crippen LogP contribution in [-0.2, 0) is 11.2 Å². The van der Waals surface area contributed by atoms with Gasteiger partial charge in [0.1, 0.15) is 11.6 Å². The highest BCUT2D eigenvalue weighted by atomic mass is 19.1. The molecule has 1 saturated heterocycles. The van der Waals surface area contributed by atoms with Gasteiger partial charge < -0.3 is 9.88 Å². The van der Waals surface area contributed by atoms with E-state index in [1.165, 1.54) is 12.1 Å². The largest absolute Gasteiger partial charge is 0.347 e. The number of nitrogens with zero attached hydrogens (tertiary/aromatic N) is 3. The topological polar surface area (TPSA) is 52.2 Å². The van der Waals surface area contributed by atoms with Crippen LogP contribution in [0.2, 0.25) is 0 Å². The molecule has 1 aromatic carbocycles. The second kappa shape index (κ2) is 6.27. The molecule has 5 nitrogen and oxygen atoms in total. The van der Waals surface area contributed by atoms with Crippen molar-refractivity contribution in [1.82, 2.24) is 19.8 Å². The monoisotopic (exact) mass is 302 g/mol. The number of hydrogen-bond donors (Lipinski definition) is 1. The molecule has 1 atom stereocenters. The van der Waals surface area contributed by atoms with Crippen LogP contribution in [0.25, 0.3) is 0 Å². The number of H-pyrrole nitrogens is 1. The molecule has 116 valence electrons. The standard InChI is InChI=1S/C16H19FN4O/c1-20-8-9-21(11-14(20)16-18-6-7-19-16)15(22)10-12-2-4-13(17)5-3-12/h2-7,14H,8-11H2,1H3,(H,18,19)/t14-/m0/s1. The third-order valence-electron chi connectivity index (χ3n) is 4.10. The van der Waals surface area contributed by atoms with E-state index in [1.807, 2.05) is 11.9 Å². The van der Waals surface area contributed by atoms with Crippen molar-refractivity contribution >= 4 is 5.91 Å². The fourth-order valence-corrected chi connectivity index (χ4v) is 2.74. The molecule has 1 aromatic heterocycles. The quantitative estimate of drug-likeness (QED) is 0.937. The average molecular weight is 302 g/mol. The summed E-state index contributed by atoms with van der Waals surface area (Å²) in [7, 11) is 2.04. The van der Waals surface area contributed by atoms with Gasteiger partial charge in [-0.2, -0.15) is 0 Å². The summed E-state index contributed by atoms with van der Waals surface area (Å²) in [6.45, 7) is 2.12. The maximum atomic E-state index is 12.9. The zero-order chi connectivity index (χ0) is 15.5. The number of piperazine rings is 1. The molecular weight excluding hydrogens is 283 g/mol. The van der Waals surface area contributed by atoms with Crippen molar-refractivity contribution in [2.45, 2.75) is 12.5 Å². The van der Waals surface area contributed by atoms with E-state index >= 15 is 0 Å². The molecule has 0 unspecified atom stereocenters. The van der Waals surface area contributed by atoms with E-state index in [4.69, 9.17) is 0 Å². The first-order valence-electron chi connectivity index (χ1n) is 7.35. The Morgan fingerprint density at radius 3 is 2.82 bits per heavy atom. The number of nitrogens with one attached hydrogen (secondary N) is 1. The maximum Gasteiger partial charge on any atom is 0.227 e. The predicted octanol–water partition coefficient (Wildman–Crippen LogP) is 1.61. The molecule has 0 bridgehead atoms. The Bertz CT molecular complexity index is 626. The number of benzene rings is 1. The highest BCUT2D eigenvalue weighted by Gasteiger charge is 2.29. The highest BCUT2D eigenvalue weighted by molar-refractivity contribution is 5.79. The molecule has 0 aliphatic carbocycles. The van der Waals surface area contributed by atoms with Gasteiger partial charge in [0, 0.05) is 32.0 Å². The molecule has 0 spiro atoms. The van der Waals surface area contributed by atoms with Crippen molar-refractivity contribution in [3.8, 4) is 0 Å². The number of aromatic amines is 1. The smallest absolute Gasteiger partial charge is 0.227 e. The van der Waals surface area contributed by atoms with Crippen LogP contribution in [0, 0.1) is 5.82 Å². The minimum Gasteiger partial charge on any atom is -0.347 e. The SMILES string of the molecule is CN1CCN(C(=O)Cc2ccc(F)cc2)C[C@H]1c1ncc[nH]1. The molecule has 1 fully saturated rings. The van der Waals surface area contributed by atoms with Crippen LogP contribution in [0.1, 0.15) is 17.4 Å². The number of amides is 1. The number of hydrogen-bond acceptors (Lipinski definition) is 3.